The Bertz CT molecular complexity index is 2150. The molecule has 0 bridgehead atoms. The van der Waals surface area contributed by atoms with Crippen LogP contribution < -0.4 is 5.11 Å². The van der Waals surface area contributed by atoms with Gasteiger partial charge in [0.2, 0.25) is 0 Å². The first kappa shape index (κ1) is 94.2. The third kappa shape index (κ3) is 80.4. The SMILES string of the molecule is CC/C=C\C/C=C\C/C=C\C/C=C\C/C=C\C/C=C\C/C=C\C/C=C\C/C=C\C/C=C\C/C=C\CCCCCC(=O)OC(COC(=O)CCCCCCCCCCCCCCCCCCCCCCCCCCC/C=C\CCCCCCCCCC)COC(OCC[N+](C)(C)C)C(=O)[O-]. The van der Waals surface area contributed by atoms with Crippen LogP contribution in [0.1, 0.15) is 348 Å². The van der Waals surface area contributed by atoms with E-state index in [1.54, 1.807) is 0 Å². The van der Waals surface area contributed by atoms with Crippen LogP contribution in [-0.4, -0.2) is 82.3 Å². The third-order valence-corrected chi connectivity index (χ3v) is 17.6. The van der Waals surface area contributed by atoms with Crippen LogP contribution in [0, 0.1) is 0 Å². The Kier molecular flexibility index (Phi) is 75.0. The molecule has 0 aliphatic heterocycles. The Labute approximate surface area is 611 Å². The summed E-state index contributed by atoms with van der Waals surface area (Å²) in [5.41, 5.74) is 0. The Morgan fingerprint density at radius 3 is 0.879 bits per heavy atom. The Morgan fingerprint density at radius 1 is 0.313 bits per heavy atom. The van der Waals surface area contributed by atoms with Crippen molar-refractivity contribution in [3.63, 3.8) is 0 Å². The van der Waals surface area contributed by atoms with Gasteiger partial charge in [-0.3, -0.25) is 9.59 Å². The molecule has 99 heavy (non-hydrogen) atoms. The van der Waals surface area contributed by atoms with Crippen LogP contribution in [0.5, 0.6) is 0 Å². The summed E-state index contributed by atoms with van der Waals surface area (Å²) >= 11 is 0. The summed E-state index contributed by atoms with van der Waals surface area (Å²) in [6.07, 6.45) is 113. The van der Waals surface area contributed by atoms with Crippen molar-refractivity contribution in [3.8, 4) is 0 Å². The molecule has 0 aliphatic carbocycles. The summed E-state index contributed by atoms with van der Waals surface area (Å²) in [7, 11) is 5.92. The quantitative estimate of drug-likeness (QED) is 0.0195. The van der Waals surface area contributed by atoms with Crippen molar-refractivity contribution >= 4 is 17.9 Å². The minimum atomic E-state index is -1.64. The molecule has 9 heteroatoms. The number of esters is 2. The molecular weight excluding hydrogens is 1220 g/mol. The predicted octanol–water partition coefficient (Wildman–Crippen LogP) is 25.3. The van der Waals surface area contributed by atoms with Crippen LogP contribution in [0.25, 0.3) is 0 Å². The smallest absolute Gasteiger partial charge is 0.306 e. The predicted molar refractivity (Wildman–Crippen MR) is 426 cm³/mol. The van der Waals surface area contributed by atoms with Gasteiger partial charge >= 0.3 is 11.9 Å². The highest BCUT2D eigenvalue weighted by atomic mass is 16.7. The number of ether oxygens (including phenoxy) is 4. The Morgan fingerprint density at radius 2 is 0.576 bits per heavy atom. The van der Waals surface area contributed by atoms with Gasteiger partial charge in [-0.1, -0.05) is 359 Å². The van der Waals surface area contributed by atoms with Crippen molar-refractivity contribution < 1.29 is 42.9 Å². The van der Waals surface area contributed by atoms with Gasteiger partial charge in [0, 0.05) is 12.8 Å². The molecule has 0 saturated heterocycles. The Balaban J connectivity index is 4.11. The van der Waals surface area contributed by atoms with Crippen molar-refractivity contribution in [1.82, 2.24) is 0 Å². The van der Waals surface area contributed by atoms with Gasteiger partial charge in [-0.25, -0.2) is 0 Å². The number of nitrogens with zero attached hydrogens (tertiary/aromatic N) is 1. The summed E-state index contributed by atoms with van der Waals surface area (Å²) in [6.45, 7) is 4.62. The van der Waals surface area contributed by atoms with Gasteiger partial charge in [-0.2, -0.15) is 0 Å². The normalized spacial score (nSPS) is 13.4. The molecule has 2 unspecified atom stereocenters. The Hall–Kier alpha value is -4.83. The molecule has 0 N–H and O–H groups in total. The lowest BCUT2D eigenvalue weighted by Gasteiger charge is -2.26. The molecule has 0 radical (unpaired) electrons. The fourth-order valence-corrected chi connectivity index (χ4v) is 11.4. The second kappa shape index (κ2) is 78.9. The van der Waals surface area contributed by atoms with Crippen LogP contribution >= 0.6 is 0 Å². The topological polar surface area (TPSA) is 111 Å². The summed E-state index contributed by atoms with van der Waals surface area (Å²) < 4.78 is 22.8. The monoisotopic (exact) mass is 1380 g/mol. The highest BCUT2D eigenvalue weighted by molar-refractivity contribution is 5.70. The molecule has 2 atom stereocenters. The molecule has 0 heterocycles. The van der Waals surface area contributed by atoms with Crippen LogP contribution in [0.3, 0.4) is 0 Å². The zero-order valence-corrected chi connectivity index (χ0v) is 64.8. The molecule has 0 amide bonds. The molecule has 9 nitrogen and oxygen atoms in total. The van der Waals surface area contributed by atoms with Gasteiger partial charge in [0.1, 0.15) is 13.2 Å². The number of carbonyl (C=O) groups is 3. The minimum absolute atomic E-state index is 0.135. The average molecular weight is 1380 g/mol. The fraction of sp³-hybridized carbons (Fsp3) is 0.700. The fourth-order valence-electron chi connectivity index (χ4n) is 11.4. The number of hydrogen-bond donors (Lipinski definition) is 0. The average Bonchev–Trinajstić information content (AvgIpc) is 2.19. The van der Waals surface area contributed by atoms with Crippen molar-refractivity contribution in [2.24, 2.45) is 0 Å². The molecule has 566 valence electrons. The van der Waals surface area contributed by atoms with Crippen LogP contribution in [0.4, 0.5) is 0 Å². The van der Waals surface area contributed by atoms with E-state index >= 15 is 0 Å². The molecule has 0 aliphatic rings. The minimum Gasteiger partial charge on any atom is -0.545 e. The van der Waals surface area contributed by atoms with E-state index in [0.29, 0.717) is 17.4 Å². The number of carboxylic acids is 1. The lowest BCUT2D eigenvalue weighted by Crippen LogP contribution is -2.44. The van der Waals surface area contributed by atoms with E-state index in [-0.39, 0.29) is 38.6 Å². The van der Waals surface area contributed by atoms with Gasteiger partial charge < -0.3 is 33.3 Å². The molecule has 0 fully saturated rings. The summed E-state index contributed by atoms with van der Waals surface area (Å²) in [4.78, 5) is 37.6. The molecule has 0 aromatic heterocycles. The largest absolute Gasteiger partial charge is 0.545 e. The zero-order valence-electron chi connectivity index (χ0n) is 64.8. The first-order valence-electron chi connectivity index (χ1n) is 41.0. The molecule has 0 spiro atoms. The number of unbranched alkanes of at least 4 members (excludes halogenated alkanes) is 36. The van der Waals surface area contributed by atoms with E-state index in [1.807, 2.05) is 21.1 Å². The molecule has 0 aromatic carbocycles. The van der Waals surface area contributed by atoms with E-state index in [0.717, 1.165) is 109 Å². The number of allylic oxidation sites excluding steroid dienone is 24. The van der Waals surface area contributed by atoms with E-state index in [9.17, 15) is 19.5 Å². The maximum Gasteiger partial charge on any atom is 0.306 e. The van der Waals surface area contributed by atoms with Crippen LogP contribution in [0.15, 0.2) is 146 Å². The summed E-state index contributed by atoms with van der Waals surface area (Å²) in [5.74, 6) is -2.33. The molecule has 0 saturated carbocycles. The van der Waals surface area contributed by atoms with E-state index in [2.05, 4.69) is 160 Å². The number of hydrogen-bond acceptors (Lipinski definition) is 8. The van der Waals surface area contributed by atoms with Gasteiger partial charge in [0.05, 0.1) is 40.3 Å². The third-order valence-electron chi connectivity index (χ3n) is 17.6. The van der Waals surface area contributed by atoms with E-state index in [4.69, 9.17) is 18.9 Å². The standard InChI is InChI=1S/C90H153NO8/c1-6-8-10-12-14-16-18-20-22-24-26-28-30-32-34-36-38-40-42-44-46-48-50-52-54-56-58-60-62-64-66-68-70-72-74-76-78-80-87(92)97-84-86(85-98-90(89(94)95)96-83-82-91(3,4)5)99-88(93)81-79-77-75-73-71-69-67-65-63-61-59-57-55-53-51-49-47-45-43-41-39-37-35-33-31-29-27-25-23-21-19-17-15-13-11-9-7-2/h9,11,15,17,21,23-24,26-27,29,33,35,39,41,45,47,51,53,57,59,63,65,69,71,86,90H,6-8,10,12-14,16,18-20,22,25,28,30-32,34,36-38,40,42-44,46,48-50,52,54-56,58,60-62,64,66-68,70,72-85H2,1-5H3/b11-9-,17-15-,23-21-,26-24-,29-27-,35-33-,41-39-,47-45-,53-51-,59-57-,65-63-,71-69-. The molecule has 0 rings (SSSR count). The first-order valence-corrected chi connectivity index (χ1v) is 41.0. The lowest BCUT2D eigenvalue weighted by atomic mass is 10.0. The molecular formula is C90H153NO8. The number of carboxylic acid groups (broad SMARTS) is 1. The van der Waals surface area contributed by atoms with Gasteiger partial charge in [-0.05, 0) is 122 Å². The number of carbonyl (C=O) groups excluding carboxylic acids is 3. The number of rotatable bonds is 75. The van der Waals surface area contributed by atoms with Crippen molar-refractivity contribution in [2.45, 2.75) is 360 Å². The highest BCUT2D eigenvalue weighted by Gasteiger charge is 2.22. The molecule has 0 aromatic rings. The number of quaternary nitrogens is 1. The highest BCUT2D eigenvalue weighted by Crippen LogP contribution is 2.18. The van der Waals surface area contributed by atoms with E-state index in [1.165, 1.54) is 205 Å². The van der Waals surface area contributed by atoms with Gasteiger partial charge in [0.15, 0.2) is 12.4 Å². The second-order valence-corrected chi connectivity index (χ2v) is 28.3. The summed E-state index contributed by atoms with van der Waals surface area (Å²) in [6, 6.07) is 0. The summed E-state index contributed by atoms with van der Waals surface area (Å²) in [5, 5.41) is 11.9. The van der Waals surface area contributed by atoms with E-state index < -0.39 is 24.3 Å². The second-order valence-electron chi connectivity index (χ2n) is 28.3. The van der Waals surface area contributed by atoms with Crippen molar-refractivity contribution in [1.29, 1.82) is 0 Å². The van der Waals surface area contributed by atoms with Crippen molar-refractivity contribution in [3.05, 3.63) is 146 Å². The zero-order chi connectivity index (χ0) is 71.8. The van der Waals surface area contributed by atoms with Gasteiger partial charge in [0.25, 0.3) is 0 Å². The van der Waals surface area contributed by atoms with Crippen LogP contribution in [-0.2, 0) is 33.3 Å². The van der Waals surface area contributed by atoms with Crippen molar-refractivity contribution in [2.75, 3.05) is 47.5 Å². The first-order chi connectivity index (χ1) is 48.6. The maximum atomic E-state index is 13.0. The van der Waals surface area contributed by atoms with Crippen LogP contribution in [0.2, 0.25) is 0 Å². The van der Waals surface area contributed by atoms with Gasteiger partial charge in [-0.15, -0.1) is 0 Å². The number of aliphatic carboxylic acids is 1. The number of likely N-dealkylation sites (N-methyl/N-ethyl adjacent to an activating group) is 1. The maximum absolute atomic E-state index is 13.0. The lowest BCUT2D eigenvalue weighted by molar-refractivity contribution is -0.870.